The van der Waals surface area contributed by atoms with Gasteiger partial charge in [-0.1, -0.05) is 54.3 Å². The molecule has 0 atom stereocenters. The van der Waals surface area contributed by atoms with Gasteiger partial charge in [0.2, 0.25) is 4.96 Å². The zero-order chi connectivity index (χ0) is 14.2. The second-order valence-electron chi connectivity index (χ2n) is 5.64. The third-order valence-electron chi connectivity index (χ3n) is 4.15. The van der Waals surface area contributed by atoms with Gasteiger partial charge in [-0.15, -0.1) is 0 Å². The van der Waals surface area contributed by atoms with Crippen LogP contribution in [-0.2, 0) is 0 Å². The average Bonchev–Trinajstić information content (AvgIpc) is 3.07. The molecular weight excluding hydrogens is 302 g/mol. The maximum absolute atomic E-state index is 5.93. The molecule has 1 fully saturated rings. The van der Waals surface area contributed by atoms with E-state index in [2.05, 4.69) is 0 Å². The Morgan fingerprint density at radius 2 is 1.86 bits per heavy atom. The minimum atomic E-state index is 0.643. The Bertz CT molecular complexity index is 722. The molecule has 0 amide bonds. The number of fused-ring (bicyclic) bond motifs is 1. The van der Waals surface area contributed by atoms with Gasteiger partial charge < -0.3 is 0 Å². The van der Waals surface area contributed by atoms with Crippen molar-refractivity contribution in [3.8, 4) is 11.3 Å². The molecule has 21 heavy (non-hydrogen) atoms. The lowest BCUT2D eigenvalue weighted by Gasteiger charge is -2.18. The molecule has 0 bridgehead atoms. The van der Waals surface area contributed by atoms with Crippen molar-refractivity contribution in [2.75, 3.05) is 0 Å². The summed E-state index contributed by atoms with van der Waals surface area (Å²) in [4.78, 5) is 5.69. The van der Waals surface area contributed by atoms with Crippen molar-refractivity contribution in [3.05, 3.63) is 40.5 Å². The Kier molecular flexibility index (Phi) is 3.43. The van der Waals surface area contributed by atoms with E-state index in [1.807, 2.05) is 35.0 Å². The van der Waals surface area contributed by atoms with Gasteiger partial charge in [0.25, 0.3) is 0 Å². The highest BCUT2D eigenvalue weighted by atomic mass is 35.5. The van der Waals surface area contributed by atoms with Gasteiger partial charge in [0, 0.05) is 16.5 Å². The van der Waals surface area contributed by atoms with E-state index in [0.29, 0.717) is 5.92 Å². The number of rotatable bonds is 2. The van der Waals surface area contributed by atoms with Crippen LogP contribution in [0, 0.1) is 0 Å². The van der Waals surface area contributed by atoms with Gasteiger partial charge in [0.15, 0.2) is 0 Å². The van der Waals surface area contributed by atoms with Gasteiger partial charge in [-0.25, -0.2) is 9.50 Å². The van der Waals surface area contributed by atoms with Crippen molar-refractivity contribution in [1.29, 1.82) is 0 Å². The van der Waals surface area contributed by atoms with Crippen LogP contribution in [0.5, 0.6) is 0 Å². The molecular formula is C16H16ClN3S. The highest BCUT2D eigenvalue weighted by Crippen LogP contribution is 2.35. The van der Waals surface area contributed by atoms with Crippen molar-refractivity contribution < 1.29 is 0 Å². The van der Waals surface area contributed by atoms with Crippen LogP contribution in [0.2, 0.25) is 5.02 Å². The predicted octanol–water partition coefficient (Wildman–Crippen LogP) is 5.16. The number of aromatic nitrogens is 3. The van der Waals surface area contributed by atoms with Crippen molar-refractivity contribution in [1.82, 2.24) is 14.6 Å². The molecule has 0 spiro atoms. The molecule has 1 aliphatic carbocycles. The molecule has 1 saturated carbocycles. The minimum Gasteiger partial charge on any atom is -0.217 e. The Balaban J connectivity index is 1.65. The van der Waals surface area contributed by atoms with E-state index in [4.69, 9.17) is 21.7 Å². The number of nitrogens with zero attached hydrogens (tertiary/aromatic N) is 3. The Hall–Kier alpha value is -1.39. The molecule has 5 heteroatoms. The molecule has 2 heterocycles. The number of halogens is 1. The summed E-state index contributed by atoms with van der Waals surface area (Å²) in [6, 6.07) is 7.78. The van der Waals surface area contributed by atoms with Crippen LogP contribution in [0.1, 0.15) is 43.0 Å². The first-order valence-electron chi connectivity index (χ1n) is 7.42. The topological polar surface area (TPSA) is 30.2 Å². The van der Waals surface area contributed by atoms with Crippen LogP contribution < -0.4 is 0 Å². The molecule has 2 aromatic heterocycles. The largest absolute Gasteiger partial charge is 0.217 e. The summed E-state index contributed by atoms with van der Waals surface area (Å²) in [5, 5.41) is 6.74. The van der Waals surface area contributed by atoms with E-state index in [1.54, 1.807) is 11.3 Å². The van der Waals surface area contributed by atoms with Crippen molar-refractivity contribution in [2.24, 2.45) is 0 Å². The van der Waals surface area contributed by atoms with Crippen LogP contribution in [-0.4, -0.2) is 14.6 Å². The molecule has 0 saturated heterocycles. The van der Waals surface area contributed by atoms with Gasteiger partial charge in [-0.2, -0.15) is 5.10 Å². The van der Waals surface area contributed by atoms with E-state index in [-0.39, 0.29) is 0 Å². The molecule has 4 rings (SSSR count). The van der Waals surface area contributed by atoms with Crippen LogP contribution in [0.4, 0.5) is 0 Å². The first-order valence-corrected chi connectivity index (χ1v) is 8.61. The summed E-state index contributed by atoms with van der Waals surface area (Å²) in [5.74, 6) is 0.643. The molecule has 0 N–H and O–H groups in total. The smallest absolute Gasteiger partial charge is 0.212 e. The van der Waals surface area contributed by atoms with E-state index in [1.165, 1.54) is 37.1 Å². The monoisotopic (exact) mass is 317 g/mol. The highest BCUT2D eigenvalue weighted by molar-refractivity contribution is 7.16. The standard InChI is InChI=1S/C16H16ClN3S/c17-13-8-6-11(7-9-13)14-10-20-16(18-14)21-15(19-20)12-4-2-1-3-5-12/h6-10,12H,1-5H2. The number of hydrogen-bond acceptors (Lipinski definition) is 3. The number of hydrogen-bond donors (Lipinski definition) is 0. The van der Waals surface area contributed by atoms with Gasteiger partial charge in [0.1, 0.15) is 5.01 Å². The van der Waals surface area contributed by atoms with Gasteiger partial charge in [0.05, 0.1) is 11.9 Å². The summed E-state index contributed by atoms with van der Waals surface area (Å²) < 4.78 is 1.93. The van der Waals surface area contributed by atoms with Gasteiger partial charge >= 0.3 is 0 Å². The summed E-state index contributed by atoms with van der Waals surface area (Å²) in [5.41, 5.74) is 2.04. The van der Waals surface area contributed by atoms with E-state index in [0.717, 1.165) is 21.2 Å². The number of benzene rings is 1. The van der Waals surface area contributed by atoms with Crippen LogP contribution in [0.25, 0.3) is 16.2 Å². The summed E-state index contributed by atoms with van der Waals surface area (Å²) in [7, 11) is 0. The summed E-state index contributed by atoms with van der Waals surface area (Å²) in [6.07, 6.45) is 8.62. The minimum absolute atomic E-state index is 0.643. The lowest BCUT2D eigenvalue weighted by molar-refractivity contribution is 0.439. The quantitative estimate of drug-likeness (QED) is 0.653. The molecule has 0 unspecified atom stereocenters. The fourth-order valence-corrected chi connectivity index (χ4v) is 4.17. The molecule has 108 valence electrons. The third-order valence-corrected chi connectivity index (χ3v) is 5.49. The third kappa shape index (κ3) is 2.58. The number of imidazole rings is 1. The van der Waals surface area contributed by atoms with Crippen LogP contribution in [0.15, 0.2) is 30.5 Å². The van der Waals surface area contributed by atoms with E-state index < -0.39 is 0 Å². The van der Waals surface area contributed by atoms with Crippen LogP contribution in [0.3, 0.4) is 0 Å². The fourth-order valence-electron chi connectivity index (χ4n) is 2.99. The second-order valence-corrected chi connectivity index (χ2v) is 7.06. The molecule has 0 aliphatic heterocycles. The average molecular weight is 318 g/mol. The van der Waals surface area contributed by atoms with Gasteiger partial charge in [-0.05, 0) is 25.0 Å². The first kappa shape index (κ1) is 13.3. The van der Waals surface area contributed by atoms with E-state index in [9.17, 15) is 0 Å². The molecule has 1 aromatic carbocycles. The van der Waals surface area contributed by atoms with Gasteiger partial charge in [-0.3, -0.25) is 0 Å². The maximum Gasteiger partial charge on any atom is 0.212 e. The van der Waals surface area contributed by atoms with E-state index >= 15 is 0 Å². The molecule has 1 aliphatic rings. The van der Waals surface area contributed by atoms with Crippen LogP contribution >= 0.6 is 22.9 Å². The normalized spacial score (nSPS) is 16.6. The lowest BCUT2D eigenvalue weighted by atomic mass is 9.90. The zero-order valence-electron chi connectivity index (χ0n) is 11.6. The first-order chi connectivity index (χ1) is 10.3. The Labute approximate surface area is 132 Å². The predicted molar refractivity (Wildman–Crippen MR) is 87.1 cm³/mol. The fraction of sp³-hybridized carbons (Fsp3) is 0.375. The van der Waals surface area contributed by atoms with Crippen molar-refractivity contribution in [3.63, 3.8) is 0 Å². The second kappa shape index (κ2) is 5.43. The highest BCUT2D eigenvalue weighted by Gasteiger charge is 2.20. The zero-order valence-corrected chi connectivity index (χ0v) is 13.2. The Morgan fingerprint density at radius 3 is 2.57 bits per heavy atom. The Morgan fingerprint density at radius 1 is 1.10 bits per heavy atom. The lowest BCUT2D eigenvalue weighted by Crippen LogP contribution is -2.04. The SMILES string of the molecule is Clc1ccc(-c2cn3nc(C4CCCCC4)sc3n2)cc1. The molecule has 3 nitrogen and oxygen atoms in total. The molecule has 3 aromatic rings. The summed E-state index contributed by atoms with van der Waals surface area (Å²) in [6.45, 7) is 0. The summed E-state index contributed by atoms with van der Waals surface area (Å²) >= 11 is 7.66. The maximum atomic E-state index is 5.93. The van der Waals surface area contributed by atoms with Crippen molar-refractivity contribution >= 4 is 27.9 Å². The van der Waals surface area contributed by atoms with Crippen molar-refractivity contribution in [2.45, 2.75) is 38.0 Å². The molecule has 0 radical (unpaired) electrons.